The lowest BCUT2D eigenvalue weighted by Crippen LogP contribution is -2.22. The van der Waals surface area contributed by atoms with Gasteiger partial charge in [0.1, 0.15) is 5.82 Å². The minimum Gasteiger partial charge on any atom is -0.268 e. The average molecular weight is 399 g/mol. The summed E-state index contributed by atoms with van der Waals surface area (Å²) in [5.74, 6) is 0.599. The van der Waals surface area contributed by atoms with Gasteiger partial charge in [-0.05, 0) is 61.9 Å². The zero-order valence-electron chi connectivity index (χ0n) is 16.3. The maximum atomic E-state index is 13.0. The van der Waals surface area contributed by atoms with Gasteiger partial charge in [0, 0.05) is 12.1 Å². The monoisotopic (exact) mass is 399 g/mol. The van der Waals surface area contributed by atoms with Gasteiger partial charge >= 0.3 is 0 Å². The molecule has 0 N–H and O–H groups in total. The number of aryl methyl sites for hydroxylation is 2. The molecular formula is C22H17N5O3. The first kappa shape index (κ1) is 19.1. The highest BCUT2D eigenvalue weighted by Crippen LogP contribution is 2.24. The molecular weight excluding hydrogens is 382 g/mol. The number of nitro benzene ring substituents is 1. The van der Waals surface area contributed by atoms with Gasteiger partial charge < -0.3 is 0 Å². The number of aromatic nitrogens is 2. The Hall–Kier alpha value is -4.20. The summed E-state index contributed by atoms with van der Waals surface area (Å²) in [6.45, 7) is 3.69. The molecule has 0 amide bonds. The number of para-hydroxylation sites is 1. The van der Waals surface area contributed by atoms with Crippen molar-refractivity contribution in [1.82, 2.24) is 9.55 Å². The predicted molar refractivity (Wildman–Crippen MR) is 114 cm³/mol. The number of nitrogens with zero attached hydrogens (tertiary/aromatic N) is 5. The van der Waals surface area contributed by atoms with E-state index in [0.29, 0.717) is 28.1 Å². The molecule has 8 nitrogen and oxygen atoms in total. The van der Waals surface area contributed by atoms with Crippen LogP contribution in [0.5, 0.6) is 0 Å². The van der Waals surface area contributed by atoms with Crippen LogP contribution in [-0.2, 0) is 0 Å². The molecule has 1 heterocycles. The number of nitro groups is 1. The number of fused-ring (bicyclic) bond motifs is 1. The van der Waals surface area contributed by atoms with Crippen molar-refractivity contribution in [3.8, 4) is 5.69 Å². The molecule has 4 rings (SSSR count). The highest BCUT2D eigenvalue weighted by Gasteiger charge is 2.12. The zero-order valence-corrected chi connectivity index (χ0v) is 16.3. The van der Waals surface area contributed by atoms with E-state index < -0.39 is 4.92 Å². The summed E-state index contributed by atoms with van der Waals surface area (Å²) in [6, 6.07) is 18.5. The van der Waals surface area contributed by atoms with Gasteiger partial charge in [0.15, 0.2) is 0 Å². The Labute approximate surface area is 171 Å². The zero-order chi connectivity index (χ0) is 21.3. The minimum atomic E-state index is -0.464. The topological polar surface area (TPSA) is 103 Å². The third kappa shape index (κ3) is 3.58. The molecule has 4 aromatic rings. The fourth-order valence-corrected chi connectivity index (χ4v) is 3.24. The molecule has 0 bridgehead atoms. The Morgan fingerprint density at radius 2 is 1.60 bits per heavy atom. The van der Waals surface area contributed by atoms with Gasteiger partial charge in [0.2, 0.25) is 0 Å². The Kier molecular flexibility index (Phi) is 4.89. The Morgan fingerprint density at radius 1 is 0.933 bits per heavy atom. The number of benzene rings is 3. The van der Waals surface area contributed by atoms with Crippen molar-refractivity contribution in [2.75, 3.05) is 0 Å². The Balaban J connectivity index is 1.68. The van der Waals surface area contributed by atoms with Gasteiger partial charge in [-0.25, -0.2) is 4.98 Å². The van der Waals surface area contributed by atoms with E-state index >= 15 is 0 Å². The van der Waals surface area contributed by atoms with Crippen molar-refractivity contribution in [3.63, 3.8) is 0 Å². The first-order valence-corrected chi connectivity index (χ1v) is 9.19. The Bertz CT molecular complexity index is 1360. The number of non-ortho nitro benzene ring substituents is 1. The molecule has 0 unspecified atom stereocenters. The van der Waals surface area contributed by atoms with Crippen molar-refractivity contribution >= 4 is 28.0 Å². The van der Waals surface area contributed by atoms with Gasteiger partial charge in [-0.3, -0.25) is 19.5 Å². The van der Waals surface area contributed by atoms with Crippen LogP contribution >= 0.6 is 0 Å². The maximum Gasteiger partial charge on any atom is 0.269 e. The molecule has 8 heteroatoms. The molecule has 0 radical (unpaired) electrons. The maximum absolute atomic E-state index is 13.0. The fourth-order valence-electron chi connectivity index (χ4n) is 3.24. The lowest BCUT2D eigenvalue weighted by molar-refractivity contribution is -0.384. The normalized spacial score (nSPS) is 11.3. The average Bonchev–Trinajstić information content (AvgIpc) is 2.74. The largest absolute Gasteiger partial charge is 0.269 e. The highest BCUT2D eigenvalue weighted by atomic mass is 16.6. The van der Waals surface area contributed by atoms with Crippen LogP contribution in [0, 0.1) is 24.0 Å². The Morgan fingerprint density at radius 3 is 2.30 bits per heavy atom. The lowest BCUT2D eigenvalue weighted by Gasteiger charge is -2.13. The van der Waals surface area contributed by atoms with Crippen LogP contribution in [0.4, 0.5) is 17.1 Å². The van der Waals surface area contributed by atoms with Gasteiger partial charge in [-0.1, -0.05) is 12.1 Å². The predicted octanol–water partition coefficient (Wildman–Crippen LogP) is 5.33. The fraction of sp³-hybridized carbons (Fsp3) is 0.0909. The molecule has 0 spiro atoms. The SMILES string of the molecule is Cc1cc(N=Nc2ccc([N+](=O)[O-])cc2)ccc1-n1c(C)nc2ccccc2c1=O. The van der Waals surface area contributed by atoms with E-state index in [1.165, 1.54) is 24.3 Å². The number of hydrogen-bond acceptors (Lipinski definition) is 6. The van der Waals surface area contributed by atoms with Crippen molar-refractivity contribution in [2.45, 2.75) is 13.8 Å². The van der Waals surface area contributed by atoms with Crippen LogP contribution in [0.1, 0.15) is 11.4 Å². The molecule has 0 atom stereocenters. The van der Waals surface area contributed by atoms with E-state index in [1.807, 2.05) is 37.3 Å². The van der Waals surface area contributed by atoms with E-state index in [2.05, 4.69) is 15.2 Å². The van der Waals surface area contributed by atoms with Gasteiger partial charge in [-0.15, -0.1) is 0 Å². The van der Waals surface area contributed by atoms with E-state index in [1.54, 1.807) is 23.6 Å². The van der Waals surface area contributed by atoms with Crippen LogP contribution in [0.15, 0.2) is 81.8 Å². The van der Waals surface area contributed by atoms with Crippen LogP contribution in [0.2, 0.25) is 0 Å². The minimum absolute atomic E-state index is 0.000969. The standard InChI is InChI=1S/C22H17N5O3/c1-14-13-17(25-24-16-7-10-18(11-8-16)27(29)30)9-12-21(14)26-15(2)23-20-6-4-3-5-19(20)22(26)28/h3-13H,1-2H3. The summed E-state index contributed by atoms with van der Waals surface area (Å²) in [5, 5.41) is 19.6. The summed E-state index contributed by atoms with van der Waals surface area (Å²) in [5.41, 5.74) is 3.23. The number of hydrogen-bond donors (Lipinski definition) is 0. The molecule has 1 aromatic heterocycles. The summed E-state index contributed by atoms with van der Waals surface area (Å²) in [7, 11) is 0. The summed E-state index contributed by atoms with van der Waals surface area (Å²) >= 11 is 0. The second-order valence-corrected chi connectivity index (χ2v) is 6.76. The van der Waals surface area contributed by atoms with E-state index in [-0.39, 0.29) is 11.2 Å². The van der Waals surface area contributed by atoms with Crippen molar-refractivity contribution in [3.05, 3.63) is 98.6 Å². The summed E-state index contributed by atoms with van der Waals surface area (Å²) < 4.78 is 1.59. The second-order valence-electron chi connectivity index (χ2n) is 6.76. The lowest BCUT2D eigenvalue weighted by atomic mass is 10.1. The van der Waals surface area contributed by atoms with E-state index in [0.717, 1.165) is 11.3 Å². The second kappa shape index (κ2) is 7.67. The van der Waals surface area contributed by atoms with Gasteiger partial charge in [-0.2, -0.15) is 10.2 Å². The molecule has 0 aliphatic heterocycles. The third-order valence-corrected chi connectivity index (χ3v) is 4.71. The van der Waals surface area contributed by atoms with E-state index in [4.69, 9.17) is 0 Å². The van der Waals surface area contributed by atoms with Crippen molar-refractivity contribution in [1.29, 1.82) is 0 Å². The van der Waals surface area contributed by atoms with Crippen LogP contribution in [0.3, 0.4) is 0 Å². The van der Waals surface area contributed by atoms with Crippen molar-refractivity contribution in [2.24, 2.45) is 10.2 Å². The first-order chi connectivity index (χ1) is 14.4. The quantitative estimate of drug-likeness (QED) is 0.263. The third-order valence-electron chi connectivity index (χ3n) is 4.71. The van der Waals surface area contributed by atoms with Gasteiger partial charge in [0.25, 0.3) is 11.2 Å². The first-order valence-electron chi connectivity index (χ1n) is 9.19. The molecule has 0 aliphatic rings. The number of azo groups is 1. The highest BCUT2D eigenvalue weighted by molar-refractivity contribution is 5.78. The molecule has 0 aliphatic carbocycles. The van der Waals surface area contributed by atoms with Gasteiger partial charge in [0.05, 0.1) is 32.9 Å². The molecule has 30 heavy (non-hydrogen) atoms. The smallest absolute Gasteiger partial charge is 0.268 e. The van der Waals surface area contributed by atoms with Crippen molar-refractivity contribution < 1.29 is 4.92 Å². The summed E-state index contributed by atoms with van der Waals surface area (Å²) in [4.78, 5) is 27.8. The molecule has 0 saturated carbocycles. The van der Waals surface area contributed by atoms with E-state index in [9.17, 15) is 14.9 Å². The van der Waals surface area contributed by atoms with Crippen LogP contribution < -0.4 is 5.56 Å². The summed E-state index contributed by atoms with van der Waals surface area (Å²) in [6.07, 6.45) is 0. The van der Waals surface area contributed by atoms with Crippen LogP contribution in [0.25, 0.3) is 16.6 Å². The molecule has 0 fully saturated rings. The van der Waals surface area contributed by atoms with Crippen LogP contribution in [-0.4, -0.2) is 14.5 Å². The number of rotatable bonds is 4. The molecule has 148 valence electrons. The molecule has 3 aromatic carbocycles. The molecule has 0 saturated heterocycles.